The van der Waals surface area contributed by atoms with Gasteiger partial charge < -0.3 is 0 Å². The zero-order valence-electron chi connectivity index (χ0n) is 11.6. The van der Waals surface area contributed by atoms with E-state index in [0.29, 0.717) is 18.7 Å². The first-order valence-electron chi connectivity index (χ1n) is 6.31. The van der Waals surface area contributed by atoms with Gasteiger partial charge in [-0.05, 0) is 42.3 Å². The lowest BCUT2D eigenvalue weighted by Crippen LogP contribution is -2.53. The fourth-order valence-electron chi connectivity index (χ4n) is 2.10. The maximum absolute atomic E-state index is 11.8. The lowest BCUT2D eigenvalue weighted by Gasteiger charge is -2.29. The number of halogens is 1. The van der Waals surface area contributed by atoms with Gasteiger partial charge in [-0.2, -0.15) is 0 Å². The van der Waals surface area contributed by atoms with Gasteiger partial charge in [-0.25, -0.2) is 4.99 Å². The summed E-state index contributed by atoms with van der Waals surface area (Å²) >= 11 is 4.93. The summed E-state index contributed by atoms with van der Waals surface area (Å²) in [7, 11) is 0. The molecule has 0 aliphatic carbocycles. The van der Waals surface area contributed by atoms with Gasteiger partial charge in [0.1, 0.15) is 11.9 Å². The molecule has 1 saturated heterocycles. The molecule has 3 amide bonds. The number of nitrogens with zero attached hydrogens (tertiary/aromatic N) is 2. The Balaban J connectivity index is 2.24. The number of carbonyl (C=O) groups excluding carboxylic acids is 3. The minimum absolute atomic E-state index is 0.219. The second kappa shape index (κ2) is 6.48. The van der Waals surface area contributed by atoms with E-state index in [4.69, 9.17) is 0 Å². The quantitative estimate of drug-likeness (QED) is 0.382. The predicted molar refractivity (Wildman–Crippen MR) is 83.6 cm³/mol. The summed E-state index contributed by atoms with van der Waals surface area (Å²) in [6, 6.07) is 1.17. The SMILES string of the molecule is CC(=Nc1cc(Br)sc1C)N(C=O)C1CCC(=O)NC1=O. The average molecular weight is 372 g/mol. The molecule has 6 nitrogen and oxygen atoms in total. The summed E-state index contributed by atoms with van der Waals surface area (Å²) in [6.45, 7) is 3.60. The third-order valence-electron chi connectivity index (χ3n) is 3.18. The fraction of sp³-hybridized carbons (Fsp3) is 0.385. The van der Waals surface area contributed by atoms with E-state index in [0.717, 1.165) is 14.4 Å². The number of amidine groups is 1. The van der Waals surface area contributed by atoms with Crippen molar-refractivity contribution in [1.29, 1.82) is 0 Å². The minimum atomic E-state index is -0.689. The van der Waals surface area contributed by atoms with Crippen LogP contribution < -0.4 is 5.32 Å². The molecular formula is C13H14BrN3O3S. The van der Waals surface area contributed by atoms with E-state index >= 15 is 0 Å². The van der Waals surface area contributed by atoms with E-state index in [1.54, 1.807) is 18.3 Å². The lowest BCUT2D eigenvalue weighted by atomic mass is 10.0. The predicted octanol–water partition coefficient (Wildman–Crippen LogP) is 2.13. The number of nitrogens with one attached hydrogen (secondary N) is 1. The molecule has 1 aromatic rings. The van der Waals surface area contributed by atoms with Crippen molar-refractivity contribution >= 4 is 57.0 Å². The summed E-state index contributed by atoms with van der Waals surface area (Å²) in [4.78, 5) is 41.0. The number of amides is 3. The molecule has 0 aromatic carbocycles. The van der Waals surface area contributed by atoms with Crippen molar-refractivity contribution < 1.29 is 14.4 Å². The lowest BCUT2D eigenvalue weighted by molar-refractivity contribution is -0.138. The van der Waals surface area contributed by atoms with Crippen molar-refractivity contribution in [3.63, 3.8) is 0 Å². The van der Waals surface area contributed by atoms with Gasteiger partial charge in [0, 0.05) is 11.3 Å². The van der Waals surface area contributed by atoms with Crippen LogP contribution in [0.25, 0.3) is 0 Å². The number of imide groups is 1. The summed E-state index contributed by atoms with van der Waals surface area (Å²) in [5.74, 6) is -0.349. The van der Waals surface area contributed by atoms with Crippen molar-refractivity contribution in [3.05, 3.63) is 14.7 Å². The first-order chi connectivity index (χ1) is 9.92. The number of aliphatic imine (C=N–C) groups is 1. The van der Waals surface area contributed by atoms with E-state index in [-0.39, 0.29) is 12.3 Å². The Morgan fingerprint density at radius 3 is 2.81 bits per heavy atom. The van der Waals surface area contributed by atoms with Crippen LogP contribution in [0.5, 0.6) is 0 Å². The molecular weight excluding hydrogens is 358 g/mol. The van der Waals surface area contributed by atoms with Gasteiger partial charge in [-0.3, -0.25) is 24.6 Å². The number of hydrogen-bond acceptors (Lipinski definition) is 5. The van der Waals surface area contributed by atoms with Crippen LogP contribution in [-0.4, -0.2) is 35.0 Å². The molecule has 1 fully saturated rings. The highest BCUT2D eigenvalue weighted by Gasteiger charge is 2.32. The Labute approximate surface area is 134 Å². The topological polar surface area (TPSA) is 78.8 Å². The number of aryl methyl sites for hydroxylation is 1. The van der Waals surface area contributed by atoms with Gasteiger partial charge in [-0.15, -0.1) is 11.3 Å². The third-order valence-corrected chi connectivity index (χ3v) is 4.72. The molecule has 0 saturated carbocycles. The standard InChI is InChI=1S/C13H14BrN3O3S/c1-7-9(5-11(14)21-7)15-8(2)17(6-18)10-3-4-12(19)16-13(10)20/h5-6,10H,3-4H2,1-2H3,(H,16,19,20). The fourth-order valence-corrected chi connectivity index (χ4v) is 3.72. The van der Waals surface area contributed by atoms with Crippen LogP contribution in [0.2, 0.25) is 0 Å². The van der Waals surface area contributed by atoms with Crippen molar-refractivity contribution in [3.8, 4) is 0 Å². The van der Waals surface area contributed by atoms with Gasteiger partial charge in [-0.1, -0.05) is 0 Å². The molecule has 1 aromatic heterocycles. The summed E-state index contributed by atoms with van der Waals surface area (Å²) < 4.78 is 0.949. The Kier molecular flexibility index (Phi) is 4.89. The van der Waals surface area contributed by atoms with Gasteiger partial charge in [0.25, 0.3) is 0 Å². The molecule has 8 heteroatoms. The summed E-state index contributed by atoms with van der Waals surface area (Å²) in [5.41, 5.74) is 0.753. The molecule has 1 atom stereocenters. The van der Waals surface area contributed by atoms with E-state index in [2.05, 4.69) is 26.2 Å². The van der Waals surface area contributed by atoms with Crippen LogP contribution in [0.15, 0.2) is 14.8 Å². The smallest absolute Gasteiger partial charge is 0.249 e. The van der Waals surface area contributed by atoms with Crippen molar-refractivity contribution in [2.45, 2.75) is 32.7 Å². The van der Waals surface area contributed by atoms with Crippen LogP contribution in [-0.2, 0) is 14.4 Å². The Hall–Kier alpha value is -1.54. The molecule has 0 spiro atoms. The van der Waals surface area contributed by atoms with Crippen LogP contribution in [0.4, 0.5) is 5.69 Å². The van der Waals surface area contributed by atoms with Gasteiger partial charge in [0.05, 0.1) is 9.47 Å². The summed E-state index contributed by atoms with van der Waals surface area (Å²) in [6.07, 6.45) is 1.11. The van der Waals surface area contributed by atoms with Crippen molar-refractivity contribution in [2.75, 3.05) is 0 Å². The Morgan fingerprint density at radius 1 is 1.57 bits per heavy atom. The number of hydrogen-bond donors (Lipinski definition) is 1. The highest BCUT2D eigenvalue weighted by Crippen LogP contribution is 2.32. The average Bonchev–Trinajstić information content (AvgIpc) is 2.71. The second-order valence-electron chi connectivity index (χ2n) is 4.63. The van der Waals surface area contributed by atoms with Crippen molar-refractivity contribution in [1.82, 2.24) is 10.2 Å². The number of thiophene rings is 1. The molecule has 0 radical (unpaired) electrons. The molecule has 1 aliphatic rings. The Morgan fingerprint density at radius 2 is 2.29 bits per heavy atom. The largest absolute Gasteiger partial charge is 0.295 e. The molecule has 1 aliphatic heterocycles. The molecule has 21 heavy (non-hydrogen) atoms. The second-order valence-corrected chi connectivity index (χ2v) is 7.27. The van der Waals surface area contributed by atoms with E-state index in [9.17, 15) is 14.4 Å². The number of rotatable bonds is 3. The van der Waals surface area contributed by atoms with E-state index in [1.165, 1.54) is 4.90 Å². The van der Waals surface area contributed by atoms with Crippen LogP contribution in [0.1, 0.15) is 24.6 Å². The van der Waals surface area contributed by atoms with Gasteiger partial charge >= 0.3 is 0 Å². The first kappa shape index (κ1) is 15.8. The van der Waals surface area contributed by atoms with Crippen LogP contribution >= 0.6 is 27.3 Å². The Bertz CT molecular complexity index is 626. The maximum atomic E-state index is 11.8. The first-order valence-corrected chi connectivity index (χ1v) is 7.92. The number of piperidine rings is 1. The highest BCUT2D eigenvalue weighted by atomic mass is 79.9. The van der Waals surface area contributed by atoms with E-state index in [1.807, 2.05) is 13.0 Å². The van der Waals surface area contributed by atoms with Gasteiger partial charge in [0.2, 0.25) is 18.2 Å². The van der Waals surface area contributed by atoms with Crippen molar-refractivity contribution in [2.24, 2.45) is 4.99 Å². The summed E-state index contributed by atoms with van der Waals surface area (Å²) in [5, 5.41) is 2.24. The molecule has 1 unspecified atom stereocenters. The molecule has 2 heterocycles. The minimum Gasteiger partial charge on any atom is -0.295 e. The zero-order chi connectivity index (χ0) is 15.6. The molecule has 112 valence electrons. The molecule has 0 bridgehead atoms. The molecule has 1 N–H and O–H groups in total. The van der Waals surface area contributed by atoms with Gasteiger partial charge in [0.15, 0.2) is 0 Å². The number of carbonyl (C=O) groups is 3. The maximum Gasteiger partial charge on any atom is 0.249 e. The molecule has 2 rings (SSSR count). The highest BCUT2D eigenvalue weighted by molar-refractivity contribution is 9.11. The zero-order valence-corrected chi connectivity index (χ0v) is 14.0. The normalized spacial score (nSPS) is 19.4. The van der Waals surface area contributed by atoms with E-state index < -0.39 is 11.9 Å². The monoisotopic (exact) mass is 371 g/mol. The van der Waals surface area contributed by atoms with Crippen LogP contribution in [0.3, 0.4) is 0 Å². The third kappa shape index (κ3) is 3.56. The van der Waals surface area contributed by atoms with Crippen LogP contribution in [0, 0.1) is 6.92 Å².